The maximum absolute atomic E-state index is 9.39. The standard InChI is InChI=1S/C17H19N3O/c1-2-20-17(12-18)8-7-15(11-17)21-14-6-5-13-4-3-9-19-16(13)10-14/h3-6,9-10,15,20H,2,7-8,11H2,1H3. The van der Waals surface area contributed by atoms with Crippen LogP contribution in [0.25, 0.3) is 10.9 Å². The third-order valence-corrected chi connectivity index (χ3v) is 4.08. The first-order valence-corrected chi connectivity index (χ1v) is 7.42. The average Bonchev–Trinajstić information content (AvgIpc) is 2.91. The van der Waals surface area contributed by atoms with Crippen molar-refractivity contribution in [1.29, 1.82) is 5.26 Å². The van der Waals surface area contributed by atoms with Crippen LogP contribution in [0.5, 0.6) is 5.75 Å². The summed E-state index contributed by atoms with van der Waals surface area (Å²) >= 11 is 0. The van der Waals surface area contributed by atoms with Crippen LogP contribution in [0.3, 0.4) is 0 Å². The lowest BCUT2D eigenvalue weighted by Gasteiger charge is -2.22. The van der Waals surface area contributed by atoms with Gasteiger partial charge in [0.2, 0.25) is 0 Å². The number of rotatable bonds is 4. The van der Waals surface area contributed by atoms with Gasteiger partial charge in [0.25, 0.3) is 0 Å². The van der Waals surface area contributed by atoms with Crippen LogP contribution < -0.4 is 10.1 Å². The van der Waals surface area contributed by atoms with E-state index in [2.05, 4.69) is 16.4 Å². The van der Waals surface area contributed by atoms with Crippen LogP contribution in [0.1, 0.15) is 26.2 Å². The third-order valence-electron chi connectivity index (χ3n) is 4.08. The first-order chi connectivity index (χ1) is 10.2. The molecule has 3 rings (SSSR count). The smallest absolute Gasteiger partial charge is 0.121 e. The molecule has 0 saturated heterocycles. The van der Waals surface area contributed by atoms with Crippen molar-refractivity contribution in [3.8, 4) is 11.8 Å². The molecule has 1 fully saturated rings. The van der Waals surface area contributed by atoms with E-state index in [0.717, 1.165) is 42.5 Å². The number of aromatic nitrogens is 1. The first kappa shape index (κ1) is 13.8. The second-order valence-corrected chi connectivity index (χ2v) is 5.56. The molecule has 1 N–H and O–H groups in total. The Hall–Kier alpha value is -2.12. The monoisotopic (exact) mass is 281 g/mol. The van der Waals surface area contributed by atoms with Gasteiger partial charge in [0.05, 0.1) is 11.6 Å². The lowest BCUT2D eigenvalue weighted by Crippen LogP contribution is -2.42. The van der Waals surface area contributed by atoms with Crippen LogP contribution in [0.15, 0.2) is 36.5 Å². The second kappa shape index (κ2) is 5.71. The van der Waals surface area contributed by atoms with Crippen LogP contribution in [0, 0.1) is 11.3 Å². The number of hydrogen-bond acceptors (Lipinski definition) is 4. The summed E-state index contributed by atoms with van der Waals surface area (Å²) in [5.74, 6) is 0.830. The van der Waals surface area contributed by atoms with Gasteiger partial charge in [-0.1, -0.05) is 13.0 Å². The van der Waals surface area contributed by atoms with E-state index in [0.29, 0.717) is 0 Å². The molecule has 4 heteroatoms. The normalized spacial score (nSPS) is 24.9. The summed E-state index contributed by atoms with van der Waals surface area (Å²) in [4.78, 5) is 4.35. The molecule has 1 aromatic carbocycles. The number of nitrogens with zero attached hydrogens (tertiary/aromatic N) is 2. The molecule has 0 aliphatic heterocycles. The number of hydrogen-bond donors (Lipinski definition) is 1. The lowest BCUT2D eigenvalue weighted by atomic mass is 10.00. The van der Waals surface area contributed by atoms with Gasteiger partial charge in [-0.05, 0) is 37.6 Å². The van der Waals surface area contributed by atoms with Crippen LogP contribution in [0.4, 0.5) is 0 Å². The van der Waals surface area contributed by atoms with E-state index in [4.69, 9.17) is 4.74 Å². The zero-order valence-corrected chi connectivity index (χ0v) is 12.2. The van der Waals surface area contributed by atoms with Crippen LogP contribution in [0.2, 0.25) is 0 Å². The van der Waals surface area contributed by atoms with Crippen molar-refractivity contribution < 1.29 is 4.74 Å². The van der Waals surface area contributed by atoms with E-state index >= 15 is 0 Å². The van der Waals surface area contributed by atoms with Crippen molar-refractivity contribution in [3.63, 3.8) is 0 Å². The Morgan fingerprint density at radius 2 is 2.38 bits per heavy atom. The molecule has 1 aromatic heterocycles. The fourth-order valence-electron chi connectivity index (χ4n) is 3.05. The van der Waals surface area contributed by atoms with E-state index in [9.17, 15) is 5.26 Å². The summed E-state index contributed by atoms with van der Waals surface area (Å²) in [6.45, 7) is 2.84. The minimum Gasteiger partial charge on any atom is -0.490 e. The van der Waals surface area contributed by atoms with Gasteiger partial charge in [-0.25, -0.2) is 0 Å². The Morgan fingerprint density at radius 3 is 3.19 bits per heavy atom. The molecule has 2 aromatic rings. The highest BCUT2D eigenvalue weighted by Crippen LogP contribution is 2.33. The fraction of sp³-hybridized carbons (Fsp3) is 0.412. The predicted octanol–water partition coefficient (Wildman–Crippen LogP) is 3.04. The lowest BCUT2D eigenvalue weighted by molar-refractivity contribution is 0.201. The highest BCUT2D eigenvalue weighted by Gasteiger charge is 2.39. The highest BCUT2D eigenvalue weighted by atomic mass is 16.5. The van der Waals surface area contributed by atoms with Crippen molar-refractivity contribution in [2.24, 2.45) is 0 Å². The molecule has 1 aliphatic carbocycles. The Labute approximate surface area is 124 Å². The molecule has 2 unspecified atom stereocenters. The highest BCUT2D eigenvalue weighted by molar-refractivity contribution is 5.79. The second-order valence-electron chi connectivity index (χ2n) is 5.56. The molecule has 21 heavy (non-hydrogen) atoms. The summed E-state index contributed by atoms with van der Waals surface area (Å²) in [6, 6.07) is 12.3. The predicted molar refractivity (Wildman–Crippen MR) is 82.0 cm³/mol. The van der Waals surface area contributed by atoms with E-state index in [1.54, 1.807) is 6.20 Å². The molecule has 0 bridgehead atoms. The molecule has 108 valence electrons. The zero-order valence-electron chi connectivity index (χ0n) is 12.2. The average molecular weight is 281 g/mol. The van der Waals surface area contributed by atoms with Gasteiger partial charge in [0.1, 0.15) is 17.4 Å². The summed E-state index contributed by atoms with van der Waals surface area (Å²) in [7, 11) is 0. The van der Waals surface area contributed by atoms with Gasteiger partial charge < -0.3 is 4.74 Å². The Kier molecular flexibility index (Phi) is 3.76. The maximum atomic E-state index is 9.39. The van der Waals surface area contributed by atoms with Crippen molar-refractivity contribution in [3.05, 3.63) is 36.5 Å². The van der Waals surface area contributed by atoms with E-state index in [1.165, 1.54) is 0 Å². The van der Waals surface area contributed by atoms with Crippen molar-refractivity contribution in [2.45, 2.75) is 37.8 Å². The molecule has 0 radical (unpaired) electrons. The summed E-state index contributed by atoms with van der Waals surface area (Å²) in [6.07, 6.45) is 4.35. The van der Waals surface area contributed by atoms with Crippen molar-refractivity contribution >= 4 is 10.9 Å². The van der Waals surface area contributed by atoms with Gasteiger partial charge >= 0.3 is 0 Å². The number of benzene rings is 1. The van der Waals surface area contributed by atoms with E-state index < -0.39 is 5.54 Å². The molecule has 1 heterocycles. The number of ether oxygens (including phenoxy) is 1. The van der Waals surface area contributed by atoms with Gasteiger partial charge in [0, 0.05) is 24.1 Å². The van der Waals surface area contributed by atoms with Crippen molar-refractivity contribution in [2.75, 3.05) is 6.54 Å². The molecule has 2 atom stereocenters. The molecular weight excluding hydrogens is 262 g/mol. The molecular formula is C17H19N3O. The molecule has 1 saturated carbocycles. The largest absolute Gasteiger partial charge is 0.490 e. The SMILES string of the molecule is CCNC1(C#N)CCC(Oc2ccc3cccnc3c2)C1. The van der Waals surface area contributed by atoms with Gasteiger partial charge in [-0.3, -0.25) is 10.3 Å². The Morgan fingerprint density at radius 1 is 1.48 bits per heavy atom. The van der Waals surface area contributed by atoms with E-state index in [-0.39, 0.29) is 6.10 Å². The number of nitriles is 1. The Balaban J connectivity index is 1.73. The topological polar surface area (TPSA) is 57.9 Å². The van der Waals surface area contributed by atoms with Gasteiger partial charge in [-0.2, -0.15) is 5.26 Å². The molecule has 0 spiro atoms. The van der Waals surface area contributed by atoms with Gasteiger partial charge in [0.15, 0.2) is 0 Å². The molecule has 4 nitrogen and oxygen atoms in total. The third kappa shape index (κ3) is 2.84. The molecule has 0 amide bonds. The summed E-state index contributed by atoms with van der Waals surface area (Å²) < 4.78 is 6.06. The van der Waals surface area contributed by atoms with Crippen LogP contribution in [-0.2, 0) is 0 Å². The quantitative estimate of drug-likeness (QED) is 0.935. The summed E-state index contributed by atoms with van der Waals surface area (Å²) in [5, 5.41) is 13.8. The fourth-order valence-corrected chi connectivity index (χ4v) is 3.05. The minimum absolute atomic E-state index is 0.0878. The number of pyridine rings is 1. The van der Waals surface area contributed by atoms with E-state index in [1.807, 2.05) is 37.3 Å². The number of fused-ring (bicyclic) bond motifs is 1. The van der Waals surface area contributed by atoms with Crippen LogP contribution in [-0.4, -0.2) is 23.2 Å². The zero-order chi connectivity index (χ0) is 14.7. The number of nitrogens with one attached hydrogen (secondary N) is 1. The molecule has 1 aliphatic rings. The first-order valence-electron chi connectivity index (χ1n) is 7.42. The maximum Gasteiger partial charge on any atom is 0.121 e. The Bertz CT molecular complexity index is 679. The summed E-state index contributed by atoms with van der Waals surface area (Å²) in [5.41, 5.74) is 0.514. The van der Waals surface area contributed by atoms with Crippen LogP contribution >= 0.6 is 0 Å². The van der Waals surface area contributed by atoms with Crippen molar-refractivity contribution in [1.82, 2.24) is 10.3 Å². The van der Waals surface area contributed by atoms with Gasteiger partial charge in [-0.15, -0.1) is 0 Å². The minimum atomic E-state index is -0.422.